The van der Waals surface area contributed by atoms with E-state index in [4.69, 9.17) is 4.74 Å². The number of esters is 1. The van der Waals surface area contributed by atoms with Crippen LogP contribution in [0, 0.1) is 5.92 Å². The van der Waals surface area contributed by atoms with Gasteiger partial charge in [0, 0.05) is 0 Å². The number of ether oxygens (including phenoxy) is 1. The van der Waals surface area contributed by atoms with Crippen molar-refractivity contribution in [3.8, 4) is 0 Å². The Balaban J connectivity index is 1.94. The lowest BCUT2D eigenvalue weighted by Crippen LogP contribution is -2.58. The smallest absolute Gasteiger partial charge is 0.326 e. The summed E-state index contributed by atoms with van der Waals surface area (Å²) in [6, 6.07) is 0. The molecule has 0 bridgehead atoms. The third-order valence-corrected chi connectivity index (χ3v) is 3.55. The SMILES string of the molecule is CCOC(=O)C1(NCC2CC2)CCNCC1. The molecular weight excluding hydrogens is 204 g/mol. The molecule has 1 aliphatic heterocycles. The van der Waals surface area contributed by atoms with Crippen molar-refractivity contribution in [2.24, 2.45) is 5.92 Å². The standard InChI is InChI=1S/C12H22N2O2/c1-2-16-11(15)12(5-7-13-8-6-12)14-9-10-3-4-10/h10,13-14H,2-9H2,1H3. The van der Waals surface area contributed by atoms with Crippen molar-refractivity contribution in [2.45, 2.75) is 38.1 Å². The van der Waals surface area contributed by atoms with Gasteiger partial charge in [0.1, 0.15) is 5.54 Å². The molecule has 2 N–H and O–H groups in total. The van der Waals surface area contributed by atoms with Crippen LogP contribution in [0.25, 0.3) is 0 Å². The van der Waals surface area contributed by atoms with Gasteiger partial charge in [-0.25, -0.2) is 0 Å². The van der Waals surface area contributed by atoms with Gasteiger partial charge in [-0.3, -0.25) is 4.79 Å². The van der Waals surface area contributed by atoms with Crippen molar-refractivity contribution >= 4 is 5.97 Å². The number of piperidine rings is 1. The van der Waals surface area contributed by atoms with E-state index < -0.39 is 5.54 Å². The minimum atomic E-state index is -0.413. The van der Waals surface area contributed by atoms with E-state index in [1.165, 1.54) is 12.8 Å². The quantitative estimate of drug-likeness (QED) is 0.677. The molecule has 4 heteroatoms. The Labute approximate surface area is 97.1 Å². The number of carbonyl (C=O) groups is 1. The lowest BCUT2D eigenvalue weighted by molar-refractivity contribution is -0.152. The molecule has 2 aliphatic rings. The first-order valence-electron chi connectivity index (χ1n) is 6.40. The van der Waals surface area contributed by atoms with Crippen LogP contribution in [-0.4, -0.2) is 37.7 Å². The Hall–Kier alpha value is -0.610. The zero-order valence-electron chi connectivity index (χ0n) is 10.1. The normalized spacial score (nSPS) is 24.1. The van der Waals surface area contributed by atoms with E-state index in [0.717, 1.165) is 38.4 Å². The maximum Gasteiger partial charge on any atom is 0.326 e. The summed E-state index contributed by atoms with van der Waals surface area (Å²) in [7, 11) is 0. The van der Waals surface area contributed by atoms with Crippen LogP contribution in [0.3, 0.4) is 0 Å². The van der Waals surface area contributed by atoms with E-state index in [-0.39, 0.29) is 5.97 Å². The van der Waals surface area contributed by atoms with Gasteiger partial charge in [-0.1, -0.05) is 0 Å². The summed E-state index contributed by atoms with van der Waals surface area (Å²) in [6.07, 6.45) is 4.31. The van der Waals surface area contributed by atoms with Gasteiger partial charge in [-0.2, -0.15) is 0 Å². The second-order valence-electron chi connectivity index (χ2n) is 4.88. The summed E-state index contributed by atoms with van der Waals surface area (Å²) in [5.41, 5.74) is -0.413. The van der Waals surface area contributed by atoms with Crippen molar-refractivity contribution in [1.29, 1.82) is 0 Å². The van der Waals surface area contributed by atoms with E-state index >= 15 is 0 Å². The maximum absolute atomic E-state index is 12.0. The molecule has 1 aliphatic carbocycles. The van der Waals surface area contributed by atoms with Gasteiger partial charge in [0.15, 0.2) is 0 Å². The second kappa shape index (κ2) is 5.15. The van der Waals surface area contributed by atoms with Gasteiger partial charge in [0.25, 0.3) is 0 Å². The van der Waals surface area contributed by atoms with Crippen molar-refractivity contribution in [2.75, 3.05) is 26.2 Å². The predicted octanol–water partition coefficient (Wildman–Crippen LogP) is 0.671. The monoisotopic (exact) mass is 226 g/mol. The minimum absolute atomic E-state index is 0.0582. The first kappa shape index (κ1) is 11.9. The van der Waals surface area contributed by atoms with Crippen LogP contribution in [0.4, 0.5) is 0 Å². The van der Waals surface area contributed by atoms with Crippen LogP contribution in [0.15, 0.2) is 0 Å². The third kappa shape index (κ3) is 2.74. The molecule has 4 nitrogen and oxygen atoms in total. The van der Waals surface area contributed by atoms with Crippen LogP contribution in [0.2, 0.25) is 0 Å². The van der Waals surface area contributed by atoms with E-state index in [0.29, 0.717) is 6.61 Å². The molecule has 1 saturated carbocycles. The molecule has 0 aromatic heterocycles. The lowest BCUT2D eigenvalue weighted by Gasteiger charge is -2.36. The van der Waals surface area contributed by atoms with Crippen LogP contribution in [-0.2, 0) is 9.53 Å². The van der Waals surface area contributed by atoms with Gasteiger partial charge in [0.2, 0.25) is 0 Å². The molecule has 16 heavy (non-hydrogen) atoms. The Morgan fingerprint density at radius 3 is 2.69 bits per heavy atom. The van der Waals surface area contributed by atoms with Crippen LogP contribution in [0.5, 0.6) is 0 Å². The summed E-state index contributed by atoms with van der Waals surface area (Å²) in [5, 5.41) is 6.76. The highest BCUT2D eigenvalue weighted by Gasteiger charge is 2.41. The van der Waals surface area contributed by atoms with Crippen LogP contribution in [0.1, 0.15) is 32.6 Å². The fourth-order valence-corrected chi connectivity index (χ4v) is 2.24. The summed E-state index contributed by atoms with van der Waals surface area (Å²) >= 11 is 0. The number of hydrogen-bond acceptors (Lipinski definition) is 4. The van der Waals surface area contributed by atoms with Gasteiger partial charge in [-0.15, -0.1) is 0 Å². The van der Waals surface area contributed by atoms with Crippen molar-refractivity contribution in [3.05, 3.63) is 0 Å². The Kier molecular flexibility index (Phi) is 3.82. The van der Waals surface area contributed by atoms with E-state index in [9.17, 15) is 4.79 Å². The fourth-order valence-electron chi connectivity index (χ4n) is 2.24. The van der Waals surface area contributed by atoms with Crippen LogP contribution >= 0.6 is 0 Å². The first-order valence-corrected chi connectivity index (χ1v) is 6.40. The molecule has 0 aromatic carbocycles. The summed E-state index contributed by atoms with van der Waals surface area (Å²) in [5.74, 6) is 0.735. The molecular formula is C12H22N2O2. The van der Waals surface area contributed by atoms with Gasteiger partial charge >= 0.3 is 5.97 Å². The highest BCUT2D eigenvalue weighted by molar-refractivity contribution is 5.81. The Morgan fingerprint density at radius 1 is 1.44 bits per heavy atom. The highest BCUT2D eigenvalue weighted by Crippen LogP contribution is 2.29. The van der Waals surface area contributed by atoms with Crippen molar-refractivity contribution in [1.82, 2.24) is 10.6 Å². The number of hydrogen-bond donors (Lipinski definition) is 2. The average molecular weight is 226 g/mol. The number of nitrogens with one attached hydrogen (secondary N) is 2. The molecule has 0 atom stereocenters. The average Bonchev–Trinajstić information content (AvgIpc) is 3.12. The summed E-state index contributed by atoms with van der Waals surface area (Å²) in [4.78, 5) is 12.0. The molecule has 0 spiro atoms. The van der Waals surface area contributed by atoms with Gasteiger partial charge < -0.3 is 15.4 Å². The molecule has 0 unspecified atom stereocenters. The molecule has 2 rings (SSSR count). The van der Waals surface area contributed by atoms with E-state index in [1.807, 2.05) is 6.92 Å². The topological polar surface area (TPSA) is 50.4 Å². The zero-order chi connectivity index (χ0) is 11.4. The van der Waals surface area contributed by atoms with Crippen LogP contribution < -0.4 is 10.6 Å². The fraction of sp³-hybridized carbons (Fsp3) is 0.917. The lowest BCUT2D eigenvalue weighted by atomic mass is 9.88. The maximum atomic E-state index is 12.0. The summed E-state index contributed by atoms with van der Waals surface area (Å²) in [6.45, 7) is 5.11. The molecule has 0 radical (unpaired) electrons. The van der Waals surface area contributed by atoms with Crippen molar-refractivity contribution < 1.29 is 9.53 Å². The molecule has 92 valence electrons. The van der Waals surface area contributed by atoms with Crippen molar-refractivity contribution in [3.63, 3.8) is 0 Å². The molecule has 0 amide bonds. The largest absolute Gasteiger partial charge is 0.465 e. The molecule has 1 saturated heterocycles. The zero-order valence-corrected chi connectivity index (χ0v) is 10.1. The molecule has 2 fully saturated rings. The van der Waals surface area contributed by atoms with E-state index in [1.54, 1.807) is 0 Å². The van der Waals surface area contributed by atoms with Gasteiger partial charge in [-0.05, 0) is 58.2 Å². The number of rotatable bonds is 5. The molecule has 1 heterocycles. The van der Waals surface area contributed by atoms with Gasteiger partial charge in [0.05, 0.1) is 6.61 Å². The third-order valence-electron chi connectivity index (χ3n) is 3.55. The summed E-state index contributed by atoms with van der Waals surface area (Å²) < 4.78 is 5.21. The van der Waals surface area contributed by atoms with E-state index in [2.05, 4.69) is 10.6 Å². The predicted molar refractivity (Wildman–Crippen MR) is 62.2 cm³/mol. The number of carbonyl (C=O) groups excluding carboxylic acids is 1. The Bertz CT molecular complexity index is 245. The minimum Gasteiger partial charge on any atom is -0.465 e. The molecule has 0 aromatic rings. The highest BCUT2D eigenvalue weighted by atomic mass is 16.5. The Morgan fingerprint density at radius 2 is 2.12 bits per heavy atom. The first-order chi connectivity index (χ1) is 7.77. The second-order valence-corrected chi connectivity index (χ2v) is 4.88.